The fourth-order valence-corrected chi connectivity index (χ4v) is 5.27. The molecule has 4 nitrogen and oxygen atoms in total. The minimum Gasteiger partial charge on any atom is -0.468 e. The van der Waals surface area contributed by atoms with Crippen LogP contribution in [-0.2, 0) is 38.3 Å². The Kier molecular flexibility index (Phi) is 7.16. The van der Waals surface area contributed by atoms with Crippen LogP contribution in [0.15, 0.2) is 66.7 Å². The van der Waals surface area contributed by atoms with Gasteiger partial charge in [-0.25, -0.2) is 0 Å². The van der Waals surface area contributed by atoms with Gasteiger partial charge in [-0.3, -0.25) is 9.59 Å². The van der Waals surface area contributed by atoms with Gasteiger partial charge >= 0.3 is 11.9 Å². The topological polar surface area (TPSA) is 52.6 Å². The van der Waals surface area contributed by atoms with Gasteiger partial charge in [-0.2, -0.15) is 0 Å². The van der Waals surface area contributed by atoms with Crippen LogP contribution in [0.25, 0.3) is 22.3 Å². The van der Waals surface area contributed by atoms with E-state index >= 15 is 0 Å². The first-order valence-electron chi connectivity index (χ1n) is 12.0. The fourth-order valence-electron chi connectivity index (χ4n) is 5.27. The predicted molar refractivity (Wildman–Crippen MR) is 134 cm³/mol. The van der Waals surface area contributed by atoms with Crippen molar-refractivity contribution in [2.75, 3.05) is 14.2 Å². The van der Waals surface area contributed by atoms with Gasteiger partial charge in [-0.15, -0.1) is 0 Å². The van der Waals surface area contributed by atoms with Gasteiger partial charge in [0.25, 0.3) is 0 Å². The lowest BCUT2D eigenvalue weighted by Crippen LogP contribution is -2.42. The van der Waals surface area contributed by atoms with Gasteiger partial charge in [-0.05, 0) is 51.8 Å². The summed E-state index contributed by atoms with van der Waals surface area (Å²) in [5, 5.41) is 0. The van der Waals surface area contributed by atoms with Crippen LogP contribution >= 0.6 is 0 Å². The van der Waals surface area contributed by atoms with Crippen LogP contribution in [0.3, 0.4) is 0 Å². The van der Waals surface area contributed by atoms with Crippen molar-refractivity contribution in [3.8, 4) is 22.3 Å². The molecule has 3 aromatic rings. The number of aryl methyl sites for hydroxylation is 1. The Morgan fingerprint density at radius 1 is 0.794 bits per heavy atom. The molecule has 0 aliphatic heterocycles. The van der Waals surface area contributed by atoms with E-state index < -0.39 is 17.4 Å². The highest BCUT2D eigenvalue weighted by Gasteiger charge is 2.54. The summed E-state index contributed by atoms with van der Waals surface area (Å²) in [6.45, 7) is 2.21. The summed E-state index contributed by atoms with van der Waals surface area (Å²) in [4.78, 5) is 26.1. The van der Waals surface area contributed by atoms with E-state index in [1.54, 1.807) is 0 Å². The van der Waals surface area contributed by atoms with E-state index in [0.29, 0.717) is 0 Å². The number of unbranched alkanes of at least 4 members (excludes halogenated alkanes) is 2. The van der Waals surface area contributed by atoms with Gasteiger partial charge in [0.15, 0.2) is 5.41 Å². The molecule has 0 unspecified atom stereocenters. The summed E-state index contributed by atoms with van der Waals surface area (Å²) in [5.41, 5.74) is 6.37. The molecule has 0 fully saturated rings. The highest BCUT2D eigenvalue weighted by atomic mass is 16.5. The molecule has 0 bridgehead atoms. The summed E-state index contributed by atoms with van der Waals surface area (Å²) >= 11 is 0. The molecule has 4 heteroatoms. The summed E-state index contributed by atoms with van der Waals surface area (Å²) in [7, 11) is 2.67. The van der Waals surface area contributed by atoms with Crippen molar-refractivity contribution < 1.29 is 19.1 Å². The smallest absolute Gasteiger partial charge is 0.323 e. The third kappa shape index (κ3) is 4.25. The van der Waals surface area contributed by atoms with Gasteiger partial charge in [0.05, 0.1) is 14.2 Å². The van der Waals surface area contributed by atoms with Crippen LogP contribution in [-0.4, -0.2) is 26.2 Å². The number of carbonyl (C=O) groups excluding carboxylic acids is 2. The van der Waals surface area contributed by atoms with E-state index in [9.17, 15) is 9.59 Å². The number of rotatable bonds is 8. The second kappa shape index (κ2) is 10.3. The molecule has 0 N–H and O–H groups in total. The van der Waals surface area contributed by atoms with E-state index in [4.69, 9.17) is 9.47 Å². The first-order valence-corrected chi connectivity index (χ1v) is 12.0. The number of hydrogen-bond acceptors (Lipinski definition) is 4. The summed E-state index contributed by atoms with van der Waals surface area (Å²) < 4.78 is 10.3. The molecule has 34 heavy (non-hydrogen) atoms. The lowest BCUT2D eigenvalue weighted by Gasteiger charge is -2.22. The number of benzene rings is 3. The maximum atomic E-state index is 13.1. The van der Waals surface area contributed by atoms with Gasteiger partial charge < -0.3 is 9.47 Å². The molecule has 0 aromatic heterocycles. The molecule has 0 spiro atoms. The Balaban J connectivity index is 2.00. The quantitative estimate of drug-likeness (QED) is 0.231. The van der Waals surface area contributed by atoms with E-state index in [2.05, 4.69) is 37.3 Å². The Morgan fingerprint density at radius 3 is 1.91 bits per heavy atom. The molecule has 0 saturated heterocycles. The molecular formula is C30H32O4. The third-order valence-corrected chi connectivity index (χ3v) is 6.94. The zero-order valence-corrected chi connectivity index (χ0v) is 20.2. The summed E-state index contributed by atoms with van der Waals surface area (Å²) in [5.74, 6) is -1.08. The van der Waals surface area contributed by atoms with E-state index in [1.807, 2.05) is 36.4 Å². The van der Waals surface area contributed by atoms with Crippen LogP contribution in [0.2, 0.25) is 0 Å². The third-order valence-electron chi connectivity index (χ3n) is 6.94. The first-order chi connectivity index (χ1) is 16.6. The molecule has 0 saturated carbocycles. The van der Waals surface area contributed by atoms with Gasteiger partial charge in [-0.1, -0.05) is 86.5 Å². The van der Waals surface area contributed by atoms with E-state index in [1.165, 1.54) is 19.8 Å². The van der Waals surface area contributed by atoms with Crippen molar-refractivity contribution in [2.45, 2.75) is 45.4 Å². The first kappa shape index (κ1) is 23.7. The monoisotopic (exact) mass is 456 g/mol. The van der Waals surface area contributed by atoms with Crippen LogP contribution in [0.5, 0.6) is 0 Å². The highest BCUT2D eigenvalue weighted by Crippen LogP contribution is 2.48. The Morgan fingerprint density at radius 2 is 1.35 bits per heavy atom. The van der Waals surface area contributed by atoms with E-state index in [-0.39, 0.29) is 12.8 Å². The summed E-state index contributed by atoms with van der Waals surface area (Å²) in [6, 6.07) is 22.8. The van der Waals surface area contributed by atoms with Crippen LogP contribution in [0.1, 0.15) is 42.9 Å². The van der Waals surface area contributed by atoms with Gasteiger partial charge in [0.1, 0.15) is 0 Å². The van der Waals surface area contributed by atoms with Gasteiger partial charge in [0, 0.05) is 12.8 Å². The zero-order valence-electron chi connectivity index (χ0n) is 20.2. The zero-order chi connectivity index (χ0) is 24.1. The van der Waals surface area contributed by atoms with Crippen LogP contribution < -0.4 is 0 Å². The molecule has 0 amide bonds. The van der Waals surface area contributed by atoms with Crippen molar-refractivity contribution in [2.24, 2.45) is 5.41 Å². The van der Waals surface area contributed by atoms with Crippen molar-refractivity contribution in [3.05, 3.63) is 83.4 Å². The normalized spacial score (nSPS) is 13.9. The molecule has 1 aliphatic rings. The number of esters is 2. The van der Waals surface area contributed by atoms with Crippen LogP contribution in [0.4, 0.5) is 0 Å². The van der Waals surface area contributed by atoms with Gasteiger partial charge in [0.2, 0.25) is 0 Å². The second-order valence-electron chi connectivity index (χ2n) is 9.02. The standard InChI is InChI=1S/C30H32O4/c1-4-5-8-17-23-18-24(21-13-9-6-10-14-21)25-19-30(28(31)33-2,29(32)34-3)20-26(25)27(23)22-15-11-7-12-16-22/h6-7,9-16,18H,4-5,8,17,19-20H2,1-3H3. The summed E-state index contributed by atoms with van der Waals surface area (Å²) in [6.07, 6.45) is 4.86. The SMILES string of the molecule is CCCCCc1cc(-c2ccccc2)c2c(c1-c1ccccc1)CC(C(=O)OC)(C(=O)OC)C2. The predicted octanol–water partition coefficient (Wildman–Crippen LogP) is 6.18. The molecule has 176 valence electrons. The minimum absolute atomic E-state index is 0.265. The van der Waals surface area contributed by atoms with E-state index in [0.717, 1.165) is 59.1 Å². The fraction of sp³-hybridized carbons (Fsp3) is 0.333. The molecular weight excluding hydrogens is 424 g/mol. The molecule has 0 heterocycles. The maximum absolute atomic E-state index is 13.1. The number of hydrogen-bond donors (Lipinski definition) is 0. The molecule has 3 aromatic carbocycles. The highest BCUT2D eigenvalue weighted by molar-refractivity contribution is 6.03. The molecule has 1 aliphatic carbocycles. The Hall–Kier alpha value is -3.40. The average Bonchev–Trinajstić information content (AvgIpc) is 3.30. The largest absolute Gasteiger partial charge is 0.468 e. The number of fused-ring (bicyclic) bond motifs is 1. The lowest BCUT2D eigenvalue weighted by molar-refractivity contribution is -0.168. The maximum Gasteiger partial charge on any atom is 0.323 e. The molecule has 0 atom stereocenters. The number of carbonyl (C=O) groups is 2. The number of ether oxygens (including phenoxy) is 2. The van der Waals surface area contributed by atoms with Crippen molar-refractivity contribution in [1.29, 1.82) is 0 Å². The van der Waals surface area contributed by atoms with Crippen LogP contribution in [0, 0.1) is 5.41 Å². The van der Waals surface area contributed by atoms with Crippen molar-refractivity contribution in [1.82, 2.24) is 0 Å². The average molecular weight is 457 g/mol. The Labute approximate surface area is 201 Å². The molecule has 4 rings (SSSR count). The van der Waals surface area contributed by atoms with Crippen molar-refractivity contribution in [3.63, 3.8) is 0 Å². The number of methoxy groups -OCH3 is 2. The van der Waals surface area contributed by atoms with Crippen molar-refractivity contribution >= 4 is 11.9 Å². The second-order valence-corrected chi connectivity index (χ2v) is 9.02. The lowest BCUT2D eigenvalue weighted by atomic mass is 9.83. The minimum atomic E-state index is -1.37. The molecule has 0 radical (unpaired) electrons. The Bertz CT molecular complexity index is 1150.